The Kier molecular flexibility index (Phi) is 7.49. The molecule has 1 aliphatic heterocycles. The second kappa shape index (κ2) is 10.7. The van der Waals surface area contributed by atoms with Crippen LogP contribution in [0.25, 0.3) is 0 Å². The molecule has 0 spiro atoms. The third-order valence-corrected chi connectivity index (χ3v) is 7.00. The van der Waals surface area contributed by atoms with Gasteiger partial charge in [-0.15, -0.1) is 11.3 Å². The van der Waals surface area contributed by atoms with Crippen LogP contribution in [0.15, 0.2) is 72.1 Å². The van der Waals surface area contributed by atoms with Crippen LogP contribution in [-0.4, -0.2) is 52.9 Å². The lowest BCUT2D eigenvalue weighted by Gasteiger charge is -2.41. The van der Waals surface area contributed by atoms with Gasteiger partial charge in [0, 0.05) is 61.3 Å². The zero-order chi connectivity index (χ0) is 23.2. The Morgan fingerprint density at radius 3 is 2.33 bits per heavy atom. The lowest BCUT2D eigenvalue weighted by Crippen LogP contribution is -2.52. The standard InChI is InChI=1S/C25H28N4O3S/c1-19(26-25(30)21-9-11-22(12-10-21)29(31)32)24(23-8-5-17-33-23)28-15-13-27(14-16-28)18-20-6-3-2-4-7-20/h2-12,17,19,24H,13-16,18H2,1H3,(H,26,30). The predicted molar refractivity (Wildman–Crippen MR) is 130 cm³/mol. The number of nitrogens with zero attached hydrogens (tertiary/aromatic N) is 3. The normalized spacial score (nSPS) is 16.8. The molecule has 1 aliphatic rings. The van der Waals surface area contributed by atoms with Gasteiger partial charge in [0.25, 0.3) is 11.6 Å². The first-order chi connectivity index (χ1) is 16.0. The summed E-state index contributed by atoms with van der Waals surface area (Å²) in [4.78, 5) is 29.4. The highest BCUT2D eigenvalue weighted by molar-refractivity contribution is 7.10. The lowest BCUT2D eigenvalue weighted by molar-refractivity contribution is -0.384. The molecule has 172 valence electrons. The van der Waals surface area contributed by atoms with Crippen molar-refractivity contribution in [3.05, 3.63) is 98.2 Å². The number of hydrogen-bond acceptors (Lipinski definition) is 6. The van der Waals surface area contributed by atoms with E-state index in [1.54, 1.807) is 11.3 Å². The van der Waals surface area contributed by atoms with Crippen molar-refractivity contribution in [3.8, 4) is 0 Å². The van der Waals surface area contributed by atoms with Crippen LogP contribution < -0.4 is 5.32 Å². The van der Waals surface area contributed by atoms with Crippen molar-refractivity contribution in [2.45, 2.75) is 25.6 Å². The SMILES string of the molecule is CC(NC(=O)c1ccc([N+](=O)[O-])cc1)C(c1cccs1)N1CCN(Cc2ccccc2)CC1. The first kappa shape index (κ1) is 23.1. The number of nitro benzene ring substituents is 1. The van der Waals surface area contributed by atoms with Crippen molar-refractivity contribution >= 4 is 22.9 Å². The van der Waals surface area contributed by atoms with Gasteiger partial charge in [-0.2, -0.15) is 0 Å². The highest BCUT2D eigenvalue weighted by Crippen LogP contribution is 2.30. The number of non-ortho nitro benzene ring substituents is 1. The zero-order valence-electron chi connectivity index (χ0n) is 18.6. The highest BCUT2D eigenvalue weighted by Gasteiger charge is 2.31. The van der Waals surface area contributed by atoms with Gasteiger partial charge in [-0.3, -0.25) is 24.7 Å². The second-order valence-electron chi connectivity index (χ2n) is 8.32. The van der Waals surface area contributed by atoms with Crippen LogP contribution in [0.5, 0.6) is 0 Å². The third kappa shape index (κ3) is 5.84. The Bertz CT molecular complexity index is 1050. The molecule has 2 aromatic carbocycles. The summed E-state index contributed by atoms with van der Waals surface area (Å²) in [6, 6.07) is 20.4. The van der Waals surface area contributed by atoms with E-state index in [2.05, 4.69) is 50.8 Å². The minimum Gasteiger partial charge on any atom is -0.348 e. The van der Waals surface area contributed by atoms with Crippen LogP contribution in [0.3, 0.4) is 0 Å². The van der Waals surface area contributed by atoms with E-state index in [-0.39, 0.29) is 23.7 Å². The maximum atomic E-state index is 12.8. The number of thiophene rings is 1. The van der Waals surface area contributed by atoms with E-state index in [4.69, 9.17) is 0 Å². The van der Waals surface area contributed by atoms with E-state index in [1.807, 2.05) is 19.1 Å². The molecule has 1 fully saturated rings. The third-order valence-electron chi connectivity index (χ3n) is 6.06. The summed E-state index contributed by atoms with van der Waals surface area (Å²) in [5.41, 5.74) is 1.72. The van der Waals surface area contributed by atoms with Crippen molar-refractivity contribution < 1.29 is 9.72 Å². The molecule has 8 heteroatoms. The van der Waals surface area contributed by atoms with Gasteiger partial charge in [0.05, 0.1) is 11.0 Å². The summed E-state index contributed by atoms with van der Waals surface area (Å²) < 4.78 is 0. The average Bonchev–Trinajstić information content (AvgIpc) is 3.35. The summed E-state index contributed by atoms with van der Waals surface area (Å²) in [5.74, 6) is -0.221. The summed E-state index contributed by atoms with van der Waals surface area (Å²) in [7, 11) is 0. The molecule has 7 nitrogen and oxygen atoms in total. The average molecular weight is 465 g/mol. The number of nitrogens with one attached hydrogen (secondary N) is 1. The van der Waals surface area contributed by atoms with Crippen molar-refractivity contribution in [3.63, 3.8) is 0 Å². The van der Waals surface area contributed by atoms with Crippen LogP contribution in [0.4, 0.5) is 5.69 Å². The molecule has 0 bridgehead atoms. The molecule has 1 saturated heterocycles. The van der Waals surface area contributed by atoms with Crippen LogP contribution >= 0.6 is 11.3 Å². The number of rotatable bonds is 8. The molecule has 1 N–H and O–H groups in total. The number of carbonyl (C=O) groups is 1. The monoisotopic (exact) mass is 464 g/mol. The van der Waals surface area contributed by atoms with Crippen molar-refractivity contribution in [1.82, 2.24) is 15.1 Å². The van der Waals surface area contributed by atoms with Crippen LogP contribution in [0.1, 0.15) is 33.8 Å². The largest absolute Gasteiger partial charge is 0.348 e. The van der Waals surface area contributed by atoms with Gasteiger partial charge in [-0.25, -0.2) is 0 Å². The van der Waals surface area contributed by atoms with Crippen LogP contribution in [0, 0.1) is 10.1 Å². The quantitative estimate of drug-likeness (QED) is 0.396. The molecular weight excluding hydrogens is 436 g/mol. The van der Waals surface area contributed by atoms with Crippen molar-refractivity contribution in [2.24, 2.45) is 0 Å². The van der Waals surface area contributed by atoms with Gasteiger partial charge in [-0.1, -0.05) is 36.4 Å². The van der Waals surface area contributed by atoms with Crippen LogP contribution in [-0.2, 0) is 6.54 Å². The van der Waals surface area contributed by atoms with Gasteiger partial charge >= 0.3 is 0 Å². The first-order valence-electron chi connectivity index (χ1n) is 11.1. The van der Waals surface area contributed by atoms with Gasteiger partial charge < -0.3 is 5.32 Å². The molecule has 2 atom stereocenters. The summed E-state index contributed by atoms with van der Waals surface area (Å²) in [6.07, 6.45) is 0. The number of amides is 1. The molecule has 0 aliphatic carbocycles. The van der Waals surface area contributed by atoms with Crippen molar-refractivity contribution in [2.75, 3.05) is 26.2 Å². The first-order valence-corrected chi connectivity index (χ1v) is 12.0. The second-order valence-corrected chi connectivity index (χ2v) is 9.30. The van der Waals surface area contributed by atoms with Crippen LogP contribution in [0.2, 0.25) is 0 Å². The number of hydrogen-bond donors (Lipinski definition) is 1. The van der Waals surface area contributed by atoms with Gasteiger partial charge in [0.15, 0.2) is 0 Å². The van der Waals surface area contributed by atoms with Gasteiger partial charge in [0.2, 0.25) is 0 Å². The molecule has 33 heavy (non-hydrogen) atoms. The summed E-state index contributed by atoms with van der Waals surface area (Å²) in [6.45, 7) is 6.77. The Balaban J connectivity index is 1.41. The Hall–Kier alpha value is -3.07. The van der Waals surface area contributed by atoms with E-state index in [0.717, 1.165) is 32.7 Å². The molecule has 1 amide bonds. The minimum atomic E-state index is -0.464. The maximum absolute atomic E-state index is 12.8. The molecule has 2 unspecified atom stereocenters. The molecule has 3 aromatic rings. The van der Waals surface area contributed by atoms with E-state index in [1.165, 1.54) is 34.7 Å². The summed E-state index contributed by atoms with van der Waals surface area (Å²) >= 11 is 1.70. The Morgan fingerprint density at radius 1 is 1.03 bits per heavy atom. The minimum absolute atomic E-state index is 0.0237. The van der Waals surface area contributed by atoms with E-state index in [9.17, 15) is 14.9 Å². The number of benzene rings is 2. The summed E-state index contributed by atoms with van der Waals surface area (Å²) in [5, 5.41) is 16.1. The number of piperazine rings is 1. The molecule has 4 rings (SSSR count). The van der Waals surface area contributed by atoms with E-state index >= 15 is 0 Å². The topological polar surface area (TPSA) is 78.7 Å². The maximum Gasteiger partial charge on any atom is 0.269 e. The molecule has 0 saturated carbocycles. The van der Waals surface area contributed by atoms with E-state index < -0.39 is 4.92 Å². The van der Waals surface area contributed by atoms with Gasteiger partial charge in [0.1, 0.15) is 0 Å². The number of nitro groups is 1. The van der Waals surface area contributed by atoms with Crippen molar-refractivity contribution in [1.29, 1.82) is 0 Å². The number of carbonyl (C=O) groups excluding carboxylic acids is 1. The highest BCUT2D eigenvalue weighted by atomic mass is 32.1. The fraction of sp³-hybridized carbons (Fsp3) is 0.320. The molecule has 2 heterocycles. The fourth-order valence-electron chi connectivity index (χ4n) is 4.35. The smallest absolute Gasteiger partial charge is 0.269 e. The lowest BCUT2D eigenvalue weighted by atomic mass is 10.0. The Morgan fingerprint density at radius 2 is 1.73 bits per heavy atom. The predicted octanol–water partition coefficient (Wildman–Crippen LogP) is 4.33. The Labute approximate surface area is 197 Å². The molecular formula is C25H28N4O3S. The fourth-order valence-corrected chi connectivity index (χ4v) is 5.31. The van der Waals surface area contributed by atoms with E-state index in [0.29, 0.717) is 5.56 Å². The zero-order valence-corrected chi connectivity index (χ0v) is 19.4. The molecule has 1 aromatic heterocycles. The molecule has 0 radical (unpaired) electrons. The van der Waals surface area contributed by atoms with Gasteiger partial charge in [-0.05, 0) is 36.1 Å².